The van der Waals surface area contributed by atoms with E-state index in [-0.39, 0.29) is 0 Å². The second kappa shape index (κ2) is 7.23. The molecule has 0 N–H and O–H groups in total. The summed E-state index contributed by atoms with van der Waals surface area (Å²) in [6.45, 7) is 9.41. The standard InChI is InChI=1S/C16H24N4O3/c1-11-15(12(2)22-18-11)10-20-7-4-14(5-8-20)21-9-6-16-17-13(3)23-19-16/h14H,4-10H2,1-3H3. The summed E-state index contributed by atoms with van der Waals surface area (Å²) in [6, 6.07) is 0. The molecule has 0 spiro atoms. The minimum Gasteiger partial charge on any atom is -0.378 e. The van der Waals surface area contributed by atoms with E-state index in [4.69, 9.17) is 13.8 Å². The van der Waals surface area contributed by atoms with Gasteiger partial charge in [0.2, 0.25) is 5.89 Å². The van der Waals surface area contributed by atoms with Gasteiger partial charge < -0.3 is 13.8 Å². The molecule has 0 aliphatic carbocycles. The summed E-state index contributed by atoms with van der Waals surface area (Å²) >= 11 is 0. The minimum absolute atomic E-state index is 0.323. The van der Waals surface area contributed by atoms with Gasteiger partial charge in [-0.3, -0.25) is 4.90 Å². The van der Waals surface area contributed by atoms with Crippen LogP contribution in [0.15, 0.2) is 9.05 Å². The summed E-state index contributed by atoms with van der Waals surface area (Å²) in [5.41, 5.74) is 2.22. The Kier molecular flexibility index (Phi) is 5.07. The summed E-state index contributed by atoms with van der Waals surface area (Å²) in [5.74, 6) is 2.25. The third-order valence-electron chi connectivity index (χ3n) is 4.35. The normalized spacial score (nSPS) is 17.0. The van der Waals surface area contributed by atoms with Gasteiger partial charge in [0.05, 0.1) is 18.4 Å². The number of hydrogen-bond acceptors (Lipinski definition) is 7. The highest BCUT2D eigenvalue weighted by atomic mass is 16.5. The number of piperidine rings is 1. The van der Waals surface area contributed by atoms with Crippen molar-refractivity contribution >= 4 is 0 Å². The van der Waals surface area contributed by atoms with E-state index in [1.807, 2.05) is 13.8 Å². The highest BCUT2D eigenvalue weighted by molar-refractivity contribution is 5.20. The third-order valence-corrected chi connectivity index (χ3v) is 4.35. The predicted molar refractivity (Wildman–Crippen MR) is 83.0 cm³/mol. The highest BCUT2D eigenvalue weighted by Crippen LogP contribution is 2.20. The van der Waals surface area contributed by atoms with Crippen molar-refractivity contribution < 1.29 is 13.8 Å². The molecule has 1 saturated heterocycles. The second-order valence-electron chi connectivity index (χ2n) is 6.13. The van der Waals surface area contributed by atoms with Crippen molar-refractivity contribution in [1.82, 2.24) is 20.2 Å². The molecule has 0 saturated carbocycles. The monoisotopic (exact) mass is 320 g/mol. The Balaban J connectivity index is 1.38. The molecule has 126 valence electrons. The smallest absolute Gasteiger partial charge is 0.223 e. The lowest BCUT2D eigenvalue weighted by Crippen LogP contribution is -2.37. The van der Waals surface area contributed by atoms with E-state index >= 15 is 0 Å². The fourth-order valence-corrected chi connectivity index (χ4v) is 2.95. The van der Waals surface area contributed by atoms with Crippen molar-refractivity contribution in [2.75, 3.05) is 19.7 Å². The molecule has 1 aliphatic rings. The van der Waals surface area contributed by atoms with Crippen LogP contribution < -0.4 is 0 Å². The van der Waals surface area contributed by atoms with Crippen molar-refractivity contribution in [2.24, 2.45) is 0 Å². The zero-order valence-corrected chi connectivity index (χ0v) is 14.0. The fraction of sp³-hybridized carbons (Fsp3) is 0.688. The molecular formula is C16H24N4O3. The van der Waals surface area contributed by atoms with Crippen LogP contribution in [0.5, 0.6) is 0 Å². The quantitative estimate of drug-likeness (QED) is 0.807. The van der Waals surface area contributed by atoms with Crippen LogP contribution in [-0.2, 0) is 17.7 Å². The van der Waals surface area contributed by atoms with Crippen molar-refractivity contribution in [3.63, 3.8) is 0 Å². The van der Waals surface area contributed by atoms with Gasteiger partial charge in [-0.05, 0) is 26.7 Å². The van der Waals surface area contributed by atoms with Gasteiger partial charge in [-0.25, -0.2) is 0 Å². The molecule has 1 fully saturated rings. The van der Waals surface area contributed by atoms with E-state index in [1.165, 1.54) is 5.56 Å². The van der Waals surface area contributed by atoms with Gasteiger partial charge in [-0.2, -0.15) is 4.98 Å². The largest absolute Gasteiger partial charge is 0.378 e. The number of ether oxygens (including phenoxy) is 1. The van der Waals surface area contributed by atoms with Gasteiger partial charge in [0.15, 0.2) is 5.82 Å². The lowest BCUT2D eigenvalue weighted by atomic mass is 10.1. The maximum atomic E-state index is 5.95. The van der Waals surface area contributed by atoms with E-state index < -0.39 is 0 Å². The molecule has 0 amide bonds. The van der Waals surface area contributed by atoms with Gasteiger partial charge in [-0.1, -0.05) is 10.3 Å². The van der Waals surface area contributed by atoms with E-state index in [0.29, 0.717) is 25.0 Å². The molecule has 7 nitrogen and oxygen atoms in total. The first kappa shape index (κ1) is 16.1. The van der Waals surface area contributed by atoms with Crippen LogP contribution >= 0.6 is 0 Å². The van der Waals surface area contributed by atoms with Crippen molar-refractivity contribution in [3.05, 3.63) is 28.7 Å². The Labute approximate surface area is 136 Å². The molecule has 3 heterocycles. The second-order valence-corrected chi connectivity index (χ2v) is 6.13. The zero-order valence-electron chi connectivity index (χ0n) is 14.0. The van der Waals surface area contributed by atoms with Gasteiger partial charge in [-0.15, -0.1) is 0 Å². The molecule has 3 rings (SSSR count). The fourth-order valence-electron chi connectivity index (χ4n) is 2.95. The Morgan fingerprint density at radius 3 is 2.52 bits per heavy atom. The van der Waals surface area contributed by atoms with Gasteiger partial charge >= 0.3 is 0 Å². The van der Waals surface area contributed by atoms with Crippen molar-refractivity contribution in [2.45, 2.75) is 52.7 Å². The van der Waals surface area contributed by atoms with E-state index in [9.17, 15) is 0 Å². The number of aryl methyl sites for hydroxylation is 3. The molecular weight excluding hydrogens is 296 g/mol. The molecule has 0 aromatic carbocycles. The van der Waals surface area contributed by atoms with Crippen molar-refractivity contribution in [3.8, 4) is 0 Å². The summed E-state index contributed by atoms with van der Waals surface area (Å²) in [7, 11) is 0. The first-order chi connectivity index (χ1) is 11.1. The highest BCUT2D eigenvalue weighted by Gasteiger charge is 2.22. The molecule has 23 heavy (non-hydrogen) atoms. The first-order valence-electron chi connectivity index (χ1n) is 8.16. The van der Waals surface area contributed by atoms with Gasteiger partial charge in [0, 0.05) is 38.5 Å². The average molecular weight is 320 g/mol. The molecule has 2 aromatic rings. The van der Waals surface area contributed by atoms with Crippen LogP contribution in [0.3, 0.4) is 0 Å². The van der Waals surface area contributed by atoms with Crippen LogP contribution in [-0.4, -0.2) is 46.0 Å². The third kappa shape index (κ3) is 4.17. The lowest BCUT2D eigenvalue weighted by Gasteiger charge is -2.31. The number of rotatable bonds is 6. The molecule has 0 radical (unpaired) electrons. The molecule has 0 bridgehead atoms. The predicted octanol–water partition coefficient (Wildman–Crippen LogP) is 2.21. The Morgan fingerprint density at radius 1 is 1.13 bits per heavy atom. The average Bonchev–Trinajstić information content (AvgIpc) is 3.09. The summed E-state index contributed by atoms with van der Waals surface area (Å²) in [4.78, 5) is 6.62. The van der Waals surface area contributed by atoms with Crippen LogP contribution in [0.4, 0.5) is 0 Å². The molecule has 7 heteroatoms. The number of aromatic nitrogens is 3. The first-order valence-corrected chi connectivity index (χ1v) is 8.16. The van der Waals surface area contributed by atoms with Crippen molar-refractivity contribution in [1.29, 1.82) is 0 Å². The Morgan fingerprint density at radius 2 is 1.91 bits per heavy atom. The zero-order chi connectivity index (χ0) is 16.2. The number of hydrogen-bond donors (Lipinski definition) is 0. The van der Waals surface area contributed by atoms with E-state index in [1.54, 1.807) is 6.92 Å². The molecule has 1 aliphatic heterocycles. The van der Waals surface area contributed by atoms with Gasteiger partial charge in [0.1, 0.15) is 5.76 Å². The Bertz CT molecular complexity index is 610. The lowest BCUT2D eigenvalue weighted by molar-refractivity contribution is 0.00667. The summed E-state index contributed by atoms with van der Waals surface area (Å²) in [6.07, 6.45) is 3.13. The minimum atomic E-state index is 0.323. The topological polar surface area (TPSA) is 77.4 Å². The number of likely N-dealkylation sites (tertiary alicyclic amines) is 1. The van der Waals surface area contributed by atoms with E-state index in [0.717, 1.165) is 49.8 Å². The SMILES string of the molecule is Cc1nc(CCOC2CCN(Cc3c(C)noc3C)CC2)no1. The maximum Gasteiger partial charge on any atom is 0.223 e. The van der Waals surface area contributed by atoms with Crippen LogP contribution in [0.2, 0.25) is 0 Å². The molecule has 0 unspecified atom stereocenters. The maximum absolute atomic E-state index is 5.95. The summed E-state index contributed by atoms with van der Waals surface area (Å²) in [5, 5.41) is 7.90. The van der Waals surface area contributed by atoms with Crippen LogP contribution in [0.25, 0.3) is 0 Å². The Hall–Kier alpha value is -1.73. The van der Waals surface area contributed by atoms with Crippen LogP contribution in [0.1, 0.15) is 41.6 Å². The number of nitrogens with zero attached hydrogens (tertiary/aromatic N) is 4. The van der Waals surface area contributed by atoms with Gasteiger partial charge in [0.25, 0.3) is 0 Å². The molecule has 0 atom stereocenters. The summed E-state index contributed by atoms with van der Waals surface area (Å²) < 4.78 is 16.1. The van der Waals surface area contributed by atoms with E-state index in [2.05, 4.69) is 20.2 Å². The van der Waals surface area contributed by atoms with Crippen LogP contribution in [0, 0.1) is 20.8 Å². The molecule has 2 aromatic heterocycles.